The monoisotopic (exact) mass is 286 g/mol. The Morgan fingerprint density at radius 2 is 1.95 bits per heavy atom. The van der Waals surface area contributed by atoms with Crippen LogP contribution < -0.4 is 10.6 Å². The average molecular weight is 286 g/mol. The van der Waals surface area contributed by atoms with Crippen molar-refractivity contribution in [2.45, 2.75) is 6.54 Å². The Morgan fingerprint density at radius 1 is 1.14 bits per heavy atom. The van der Waals surface area contributed by atoms with Crippen molar-refractivity contribution < 1.29 is 9.53 Å². The van der Waals surface area contributed by atoms with E-state index in [0.29, 0.717) is 31.2 Å². The van der Waals surface area contributed by atoms with E-state index >= 15 is 0 Å². The number of nitrogens with one attached hydrogen (secondary N) is 2. The molecule has 0 aliphatic rings. The molecule has 6 nitrogen and oxygen atoms in total. The van der Waals surface area contributed by atoms with Crippen molar-refractivity contribution in [3.05, 3.63) is 53.7 Å². The van der Waals surface area contributed by atoms with E-state index in [1.54, 1.807) is 19.2 Å². The Balaban J connectivity index is 1.85. The first kappa shape index (κ1) is 14.9. The number of methoxy groups -OCH3 is 1. The second kappa shape index (κ2) is 7.96. The summed E-state index contributed by atoms with van der Waals surface area (Å²) in [6.07, 6.45) is 0. The fourth-order valence-corrected chi connectivity index (χ4v) is 1.70. The molecule has 1 aromatic carbocycles. The van der Waals surface area contributed by atoms with E-state index < -0.39 is 0 Å². The normalized spacial score (nSPS) is 10.1. The quantitative estimate of drug-likeness (QED) is 0.754. The van der Waals surface area contributed by atoms with E-state index in [0.717, 1.165) is 5.56 Å². The van der Waals surface area contributed by atoms with Crippen molar-refractivity contribution in [2.24, 2.45) is 0 Å². The number of hydrogen-bond donors (Lipinski definition) is 2. The number of rotatable bonds is 7. The van der Waals surface area contributed by atoms with E-state index in [1.165, 1.54) is 0 Å². The van der Waals surface area contributed by atoms with Crippen LogP contribution in [0.5, 0.6) is 0 Å². The fraction of sp³-hybridized carbons (Fsp3) is 0.267. The molecule has 0 aliphatic heterocycles. The standard InChI is InChI=1S/C15H18N4O2/c1-21-10-9-16-14-8-7-13(18-19-14)15(20)17-11-12-5-3-2-4-6-12/h2-8H,9-11H2,1H3,(H,16,19)(H,17,20). The molecule has 110 valence electrons. The second-order valence-electron chi connectivity index (χ2n) is 4.39. The predicted molar refractivity (Wildman–Crippen MR) is 80.0 cm³/mol. The third kappa shape index (κ3) is 4.85. The third-order valence-electron chi connectivity index (χ3n) is 2.81. The van der Waals surface area contributed by atoms with Crippen LogP contribution in [0, 0.1) is 0 Å². The van der Waals surface area contributed by atoms with Crippen molar-refractivity contribution in [2.75, 3.05) is 25.6 Å². The van der Waals surface area contributed by atoms with Crippen LogP contribution >= 0.6 is 0 Å². The number of aromatic nitrogens is 2. The number of carbonyl (C=O) groups is 1. The van der Waals surface area contributed by atoms with Gasteiger partial charge in [0, 0.05) is 20.2 Å². The molecular weight excluding hydrogens is 268 g/mol. The zero-order valence-electron chi connectivity index (χ0n) is 11.9. The molecule has 0 saturated carbocycles. The summed E-state index contributed by atoms with van der Waals surface area (Å²) < 4.78 is 4.92. The molecule has 0 bridgehead atoms. The van der Waals surface area contributed by atoms with Gasteiger partial charge in [-0.15, -0.1) is 10.2 Å². The Bertz CT molecular complexity index is 558. The second-order valence-corrected chi connectivity index (χ2v) is 4.39. The minimum Gasteiger partial charge on any atom is -0.383 e. The largest absolute Gasteiger partial charge is 0.383 e. The van der Waals surface area contributed by atoms with Crippen molar-refractivity contribution in [1.29, 1.82) is 0 Å². The predicted octanol–water partition coefficient (Wildman–Crippen LogP) is 1.46. The maximum Gasteiger partial charge on any atom is 0.272 e. The van der Waals surface area contributed by atoms with Gasteiger partial charge < -0.3 is 15.4 Å². The van der Waals surface area contributed by atoms with E-state index in [1.807, 2.05) is 30.3 Å². The topological polar surface area (TPSA) is 76.1 Å². The number of amides is 1. The van der Waals surface area contributed by atoms with Crippen molar-refractivity contribution in [1.82, 2.24) is 15.5 Å². The molecule has 1 heterocycles. The number of nitrogens with zero attached hydrogens (tertiary/aromatic N) is 2. The van der Waals surface area contributed by atoms with Crippen molar-refractivity contribution in [3.8, 4) is 0 Å². The maximum atomic E-state index is 11.9. The highest BCUT2D eigenvalue weighted by Crippen LogP contribution is 2.03. The highest BCUT2D eigenvalue weighted by molar-refractivity contribution is 5.92. The van der Waals surface area contributed by atoms with Gasteiger partial charge in [-0.1, -0.05) is 30.3 Å². The van der Waals surface area contributed by atoms with Crippen LogP contribution in [-0.2, 0) is 11.3 Å². The molecule has 0 fully saturated rings. The molecule has 0 unspecified atom stereocenters. The minimum absolute atomic E-state index is 0.241. The minimum atomic E-state index is -0.241. The van der Waals surface area contributed by atoms with Gasteiger partial charge in [0.15, 0.2) is 5.69 Å². The zero-order chi connectivity index (χ0) is 14.9. The number of benzene rings is 1. The molecule has 0 aliphatic carbocycles. The highest BCUT2D eigenvalue weighted by atomic mass is 16.5. The van der Waals surface area contributed by atoms with Crippen molar-refractivity contribution >= 4 is 11.7 Å². The lowest BCUT2D eigenvalue weighted by Gasteiger charge is -2.06. The number of carbonyl (C=O) groups excluding carboxylic acids is 1. The molecule has 0 saturated heterocycles. The molecule has 6 heteroatoms. The smallest absolute Gasteiger partial charge is 0.272 e. The molecular formula is C15H18N4O2. The first-order valence-electron chi connectivity index (χ1n) is 6.68. The number of ether oxygens (including phenoxy) is 1. The zero-order valence-corrected chi connectivity index (χ0v) is 11.9. The average Bonchev–Trinajstić information content (AvgIpc) is 2.54. The molecule has 0 spiro atoms. The fourth-order valence-electron chi connectivity index (χ4n) is 1.70. The highest BCUT2D eigenvalue weighted by Gasteiger charge is 2.07. The van der Waals surface area contributed by atoms with Gasteiger partial charge in [-0.2, -0.15) is 0 Å². The first-order valence-corrected chi connectivity index (χ1v) is 6.68. The molecule has 0 atom stereocenters. The summed E-state index contributed by atoms with van der Waals surface area (Å²) >= 11 is 0. The van der Waals surface area contributed by atoms with Crippen LogP contribution in [0.1, 0.15) is 16.1 Å². The van der Waals surface area contributed by atoms with Gasteiger partial charge in [0.25, 0.3) is 5.91 Å². The van der Waals surface area contributed by atoms with E-state index in [-0.39, 0.29) is 5.91 Å². The number of hydrogen-bond acceptors (Lipinski definition) is 5. The lowest BCUT2D eigenvalue weighted by Crippen LogP contribution is -2.24. The lowest BCUT2D eigenvalue weighted by molar-refractivity contribution is 0.0945. The summed E-state index contributed by atoms with van der Waals surface area (Å²) in [5.74, 6) is 0.376. The molecule has 2 N–H and O–H groups in total. The SMILES string of the molecule is COCCNc1ccc(C(=O)NCc2ccccc2)nn1. The Kier molecular flexibility index (Phi) is 5.66. The van der Waals surface area contributed by atoms with Gasteiger partial charge in [0.1, 0.15) is 5.82 Å². The molecule has 0 radical (unpaired) electrons. The van der Waals surface area contributed by atoms with Gasteiger partial charge in [0.2, 0.25) is 0 Å². The maximum absolute atomic E-state index is 11.9. The van der Waals surface area contributed by atoms with Crippen LogP contribution in [0.2, 0.25) is 0 Å². The summed E-state index contributed by atoms with van der Waals surface area (Å²) in [6.45, 7) is 1.70. The van der Waals surface area contributed by atoms with Gasteiger partial charge in [-0.3, -0.25) is 4.79 Å². The molecule has 2 aromatic rings. The first-order chi connectivity index (χ1) is 10.3. The summed E-state index contributed by atoms with van der Waals surface area (Å²) in [7, 11) is 1.63. The summed E-state index contributed by atoms with van der Waals surface area (Å²) in [5, 5.41) is 13.7. The summed E-state index contributed by atoms with van der Waals surface area (Å²) in [5.41, 5.74) is 1.33. The van der Waals surface area contributed by atoms with Crippen LogP contribution in [0.4, 0.5) is 5.82 Å². The summed E-state index contributed by atoms with van der Waals surface area (Å²) in [6, 6.07) is 13.1. The Labute approximate surface area is 123 Å². The molecule has 21 heavy (non-hydrogen) atoms. The van der Waals surface area contributed by atoms with Crippen LogP contribution in [-0.4, -0.2) is 36.4 Å². The van der Waals surface area contributed by atoms with Gasteiger partial charge in [-0.25, -0.2) is 0 Å². The van der Waals surface area contributed by atoms with Crippen LogP contribution in [0.15, 0.2) is 42.5 Å². The van der Waals surface area contributed by atoms with Crippen molar-refractivity contribution in [3.63, 3.8) is 0 Å². The van der Waals surface area contributed by atoms with Crippen LogP contribution in [0.3, 0.4) is 0 Å². The van der Waals surface area contributed by atoms with Gasteiger partial charge in [-0.05, 0) is 17.7 Å². The summed E-state index contributed by atoms with van der Waals surface area (Å²) in [4.78, 5) is 11.9. The molecule has 1 amide bonds. The van der Waals surface area contributed by atoms with E-state index in [2.05, 4.69) is 20.8 Å². The number of anilines is 1. The molecule has 1 aromatic heterocycles. The Hall–Kier alpha value is -2.47. The van der Waals surface area contributed by atoms with Gasteiger partial charge >= 0.3 is 0 Å². The Morgan fingerprint density at radius 3 is 2.62 bits per heavy atom. The lowest BCUT2D eigenvalue weighted by atomic mass is 10.2. The van der Waals surface area contributed by atoms with Gasteiger partial charge in [0.05, 0.1) is 6.61 Å². The molecule has 2 rings (SSSR count). The van der Waals surface area contributed by atoms with E-state index in [9.17, 15) is 4.79 Å². The van der Waals surface area contributed by atoms with Crippen LogP contribution in [0.25, 0.3) is 0 Å². The third-order valence-corrected chi connectivity index (χ3v) is 2.81. The van der Waals surface area contributed by atoms with E-state index in [4.69, 9.17) is 4.74 Å².